The summed E-state index contributed by atoms with van der Waals surface area (Å²) >= 11 is 0. The molecule has 6 N–H and O–H groups in total. The number of hydrogen-bond acceptors (Lipinski definition) is 6. The van der Waals surface area contributed by atoms with Crippen molar-refractivity contribution in [3.63, 3.8) is 0 Å². The topological polar surface area (TPSA) is 121 Å². The molecule has 0 aromatic heterocycles. The van der Waals surface area contributed by atoms with E-state index in [2.05, 4.69) is 69.2 Å². The van der Waals surface area contributed by atoms with E-state index in [0.29, 0.717) is 0 Å². The van der Waals surface area contributed by atoms with Crippen LogP contribution in [0.1, 0.15) is 301 Å². The van der Waals surface area contributed by atoms with Gasteiger partial charge >= 0.3 is 0 Å². The maximum Gasteiger partial charge on any atom is 0.0540 e. The van der Waals surface area contributed by atoms with E-state index in [1.807, 2.05) is 0 Å². The number of aliphatic hydroxyl groups excluding tert-OH is 6. The minimum absolute atomic E-state index is 0.0307. The lowest BCUT2D eigenvalue weighted by Gasteiger charge is -2.07. The number of unbranched alkanes of at least 4 members (excludes halogenated alkanes) is 15. The second kappa shape index (κ2) is 68.5. The van der Waals surface area contributed by atoms with Crippen molar-refractivity contribution in [2.45, 2.75) is 331 Å². The van der Waals surface area contributed by atoms with E-state index in [9.17, 15) is 25.5 Å². The zero-order chi connectivity index (χ0) is 45.3. The van der Waals surface area contributed by atoms with E-state index in [-0.39, 0.29) is 37.1 Å². The molecule has 0 fully saturated rings. The molecule has 0 saturated carbocycles. The van der Waals surface area contributed by atoms with E-state index < -0.39 is 0 Å². The average Bonchev–Trinajstić information content (AvgIpc) is 3.19. The molecule has 0 radical (unpaired) electrons. The maximum absolute atomic E-state index is 9.35. The van der Waals surface area contributed by atoms with Gasteiger partial charge in [-0.2, -0.15) is 0 Å². The number of rotatable bonds is 35. The van der Waals surface area contributed by atoms with Crippen molar-refractivity contribution in [2.75, 3.05) is 6.61 Å². The van der Waals surface area contributed by atoms with Crippen LogP contribution < -0.4 is 0 Å². The van der Waals surface area contributed by atoms with Crippen LogP contribution in [0.25, 0.3) is 0 Å². The van der Waals surface area contributed by atoms with Crippen LogP contribution >= 0.6 is 0 Å². The van der Waals surface area contributed by atoms with Crippen LogP contribution in [0.2, 0.25) is 0 Å². The SMILES string of the molecule is CCCCCCC(O)CCC.CCCCCCC(O)CCC.CCCCCCC(O)CCC.CCCCCCC(O)CCC.CCCCCCC(O)CCC.CCO. The molecule has 5 unspecified atom stereocenters. The third kappa shape index (κ3) is 83.5. The highest BCUT2D eigenvalue weighted by atomic mass is 16.3. The summed E-state index contributed by atoms with van der Waals surface area (Å²) in [6.45, 7) is 23.6. The molecule has 0 amide bonds. The first kappa shape index (κ1) is 69.5. The zero-order valence-electron chi connectivity index (χ0n) is 42.0. The molecule has 0 bridgehead atoms. The van der Waals surface area contributed by atoms with Crippen molar-refractivity contribution in [1.82, 2.24) is 0 Å². The van der Waals surface area contributed by atoms with Crippen LogP contribution in [-0.4, -0.2) is 67.8 Å². The summed E-state index contributed by atoms with van der Waals surface area (Å²) in [5.74, 6) is 0. The zero-order valence-corrected chi connectivity index (χ0v) is 42.0. The molecule has 360 valence electrons. The van der Waals surface area contributed by atoms with E-state index in [0.717, 1.165) is 96.3 Å². The van der Waals surface area contributed by atoms with Gasteiger partial charge in [-0.15, -0.1) is 0 Å². The van der Waals surface area contributed by atoms with Gasteiger partial charge in [0.25, 0.3) is 0 Å². The molecule has 6 heteroatoms. The molecular formula is C52H116O6. The summed E-state index contributed by atoms with van der Waals surface area (Å²) in [6, 6.07) is 0. The molecule has 0 saturated heterocycles. The van der Waals surface area contributed by atoms with Gasteiger partial charge in [0.1, 0.15) is 0 Å². The standard InChI is InChI=1S/5C10H22O.C2H6O/c5*1-3-5-6-7-9-10(11)8-4-2;1-2-3/h5*10-11H,3-9H2,1-2H3;3H,2H2,1H3. The fourth-order valence-electron chi connectivity index (χ4n) is 6.42. The summed E-state index contributed by atoms with van der Waals surface area (Å²) in [7, 11) is 0. The van der Waals surface area contributed by atoms with Crippen molar-refractivity contribution >= 4 is 0 Å². The Labute approximate surface area is 367 Å². The van der Waals surface area contributed by atoms with Crippen LogP contribution in [0.4, 0.5) is 0 Å². The monoisotopic (exact) mass is 837 g/mol. The smallest absolute Gasteiger partial charge is 0.0540 e. The summed E-state index contributed by atoms with van der Waals surface area (Å²) in [4.78, 5) is 0. The van der Waals surface area contributed by atoms with E-state index in [4.69, 9.17) is 5.11 Å². The van der Waals surface area contributed by atoms with Gasteiger partial charge in [-0.05, 0) is 71.1 Å². The highest BCUT2D eigenvalue weighted by Crippen LogP contribution is 2.12. The quantitative estimate of drug-likeness (QED) is 0.0354. The minimum atomic E-state index is -0.0307. The maximum atomic E-state index is 9.35. The summed E-state index contributed by atoms with van der Waals surface area (Å²) in [5, 5.41) is 54.3. The van der Waals surface area contributed by atoms with E-state index in [1.165, 1.54) is 128 Å². The molecule has 5 atom stereocenters. The van der Waals surface area contributed by atoms with Crippen molar-refractivity contribution in [1.29, 1.82) is 0 Å². The summed E-state index contributed by atoms with van der Waals surface area (Å²) < 4.78 is 0. The average molecular weight is 837 g/mol. The lowest BCUT2D eigenvalue weighted by Crippen LogP contribution is -2.04. The fourth-order valence-corrected chi connectivity index (χ4v) is 6.42. The van der Waals surface area contributed by atoms with Gasteiger partial charge in [0.15, 0.2) is 0 Å². The highest BCUT2D eigenvalue weighted by molar-refractivity contribution is 4.57. The lowest BCUT2D eigenvalue weighted by atomic mass is 10.1. The predicted octanol–water partition coefficient (Wildman–Crippen LogP) is 15.6. The first-order valence-electron chi connectivity index (χ1n) is 26.0. The third-order valence-corrected chi connectivity index (χ3v) is 10.1. The van der Waals surface area contributed by atoms with Gasteiger partial charge in [-0.25, -0.2) is 0 Å². The first-order valence-corrected chi connectivity index (χ1v) is 26.0. The van der Waals surface area contributed by atoms with Crippen LogP contribution in [0.5, 0.6) is 0 Å². The predicted molar refractivity (Wildman–Crippen MR) is 261 cm³/mol. The van der Waals surface area contributed by atoms with Gasteiger partial charge in [-0.3, -0.25) is 0 Å². The van der Waals surface area contributed by atoms with E-state index in [1.54, 1.807) is 6.92 Å². The number of aliphatic hydroxyl groups is 6. The Morgan fingerprint density at radius 3 is 0.448 bits per heavy atom. The molecule has 0 aliphatic carbocycles. The largest absolute Gasteiger partial charge is 0.397 e. The fraction of sp³-hybridized carbons (Fsp3) is 1.00. The Kier molecular flexibility index (Phi) is 82.0. The van der Waals surface area contributed by atoms with Crippen LogP contribution in [-0.2, 0) is 0 Å². The molecule has 6 nitrogen and oxygen atoms in total. The van der Waals surface area contributed by atoms with E-state index >= 15 is 0 Å². The van der Waals surface area contributed by atoms with Gasteiger partial charge in [-0.1, -0.05) is 230 Å². The summed E-state index contributed by atoms with van der Waals surface area (Å²) in [5.41, 5.74) is 0. The second-order valence-corrected chi connectivity index (χ2v) is 16.8. The Balaban J connectivity index is -0.000000143. The molecule has 0 aliphatic rings. The highest BCUT2D eigenvalue weighted by Gasteiger charge is 2.04. The first-order chi connectivity index (χ1) is 28.0. The molecule has 0 aliphatic heterocycles. The van der Waals surface area contributed by atoms with Crippen molar-refractivity contribution < 1.29 is 30.6 Å². The molecule has 0 aromatic carbocycles. The van der Waals surface area contributed by atoms with Gasteiger partial charge < -0.3 is 30.6 Å². The van der Waals surface area contributed by atoms with Crippen LogP contribution in [0, 0.1) is 0 Å². The molecule has 0 heterocycles. The molecule has 0 spiro atoms. The van der Waals surface area contributed by atoms with Crippen molar-refractivity contribution in [3.8, 4) is 0 Å². The second-order valence-electron chi connectivity index (χ2n) is 16.8. The Hall–Kier alpha value is -0.240. The Morgan fingerprint density at radius 1 is 0.207 bits per heavy atom. The molecule has 0 aromatic rings. The molecule has 0 rings (SSSR count). The van der Waals surface area contributed by atoms with Gasteiger partial charge in [0.05, 0.1) is 30.5 Å². The van der Waals surface area contributed by atoms with Crippen molar-refractivity contribution in [2.24, 2.45) is 0 Å². The molecular weight excluding hydrogens is 721 g/mol. The van der Waals surface area contributed by atoms with Gasteiger partial charge in [0.2, 0.25) is 0 Å². The molecule has 58 heavy (non-hydrogen) atoms. The minimum Gasteiger partial charge on any atom is -0.397 e. The van der Waals surface area contributed by atoms with Gasteiger partial charge in [0, 0.05) is 6.61 Å². The third-order valence-electron chi connectivity index (χ3n) is 10.1. The Morgan fingerprint density at radius 2 is 0.345 bits per heavy atom. The van der Waals surface area contributed by atoms with Crippen LogP contribution in [0.15, 0.2) is 0 Å². The lowest BCUT2D eigenvalue weighted by molar-refractivity contribution is 0.149. The van der Waals surface area contributed by atoms with Crippen LogP contribution in [0.3, 0.4) is 0 Å². The Bertz CT molecular complexity index is 490. The summed E-state index contributed by atoms with van der Waals surface area (Å²) in [6.07, 6.45) is 40.8. The number of hydrogen-bond donors (Lipinski definition) is 6. The van der Waals surface area contributed by atoms with Crippen molar-refractivity contribution in [3.05, 3.63) is 0 Å². The normalized spacial score (nSPS) is 13.0.